The second kappa shape index (κ2) is 8.14. The standard InChI is InChI=1S/C22H26N4O3S/c1-3-23-22(27)25-19-13-21(24-18-9-8-15(2)12-17(18)19)26-10-11-30(28,29)20-7-5-4-6-16(20)14-26/h4-9,12-13,28-29H,3,10-11,14H2,1-2H3,(H2,23,24,25,27). The molecule has 0 radical (unpaired) electrons. The topological polar surface area (TPSA) is 97.7 Å². The molecule has 0 atom stereocenters. The Kier molecular flexibility index (Phi) is 5.55. The van der Waals surface area contributed by atoms with Crippen molar-refractivity contribution in [3.05, 3.63) is 59.7 Å². The van der Waals surface area contributed by atoms with Gasteiger partial charge in [0.05, 0.1) is 21.9 Å². The Balaban J connectivity index is 1.77. The number of nitrogens with one attached hydrogen (secondary N) is 2. The molecule has 0 spiro atoms. The zero-order valence-electron chi connectivity index (χ0n) is 17.1. The highest BCUT2D eigenvalue weighted by atomic mass is 32.3. The first-order valence-electron chi connectivity index (χ1n) is 9.92. The average molecular weight is 427 g/mol. The van der Waals surface area contributed by atoms with E-state index in [2.05, 4.69) is 10.6 Å². The fourth-order valence-electron chi connectivity index (χ4n) is 3.70. The molecule has 0 aliphatic carbocycles. The van der Waals surface area contributed by atoms with Crippen LogP contribution in [0.5, 0.6) is 0 Å². The van der Waals surface area contributed by atoms with Gasteiger partial charge >= 0.3 is 6.03 Å². The summed E-state index contributed by atoms with van der Waals surface area (Å²) in [6.45, 7) is 5.35. The van der Waals surface area contributed by atoms with Gasteiger partial charge in [-0.1, -0.05) is 29.8 Å². The molecule has 4 N–H and O–H groups in total. The lowest BCUT2D eigenvalue weighted by Crippen LogP contribution is -2.29. The van der Waals surface area contributed by atoms with Gasteiger partial charge in [-0.2, -0.15) is 10.6 Å². The highest BCUT2D eigenvalue weighted by molar-refractivity contribution is 8.24. The molecule has 30 heavy (non-hydrogen) atoms. The maximum atomic E-state index is 12.2. The molecule has 0 bridgehead atoms. The van der Waals surface area contributed by atoms with Gasteiger partial charge in [-0.3, -0.25) is 9.11 Å². The Morgan fingerprint density at radius 3 is 2.80 bits per heavy atom. The van der Waals surface area contributed by atoms with E-state index in [4.69, 9.17) is 4.98 Å². The van der Waals surface area contributed by atoms with Crippen molar-refractivity contribution < 1.29 is 13.9 Å². The molecule has 1 aliphatic rings. The maximum absolute atomic E-state index is 12.2. The molecule has 1 aliphatic heterocycles. The summed E-state index contributed by atoms with van der Waals surface area (Å²) >= 11 is 0. The Labute approximate surface area is 177 Å². The molecule has 2 aromatic carbocycles. The van der Waals surface area contributed by atoms with Gasteiger partial charge < -0.3 is 15.5 Å². The number of carbonyl (C=O) groups is 1. The number of hydrogen-bond donors (Lipinski definition) is 4. The summed E-state index contributed by atoms with van der Waals surface area (Å²) in [7, 11) is -2.85. The van der Waals surface area contributed by atoms with Gasteiger partial charge in [-0.25, -0.2) is 9.78 Å². The van der Waals surface area contributed by atoms with E-state index in [1.54, 1.807) is 6.07 Å². The van der Waals surface area contributed by atoms with E-state index >= 15 is 0 Å². The Bertz CT molecular complexity index is 1100. The number of aromatic nitrogens is 1. The predicted molar refractivity (Wildman–Crippen MR) is 123 cm³/mol. The first kappa shape index (κ1) is 20.5. The highest BCUT2D eigenvalue weighted by Gasteiger charge is 2.26. The fraction of sp³-hybridized carbons (Fsp3) is 0.273. The van der Waals surface area contributed by atoms with Gasteiger partial charge in [0.25, 0.3) is 0 Å². The minimum Gasteiger partial charge on any atom is -0.351 e. The molecule has 3 aromatic rings. The number of hydrogen-bond acceptors (Lipinski definition) is 5. The number of fused-ring (bicyclic) bond motifs is 2. The monoisotopic (exact) mass is 426 g/mol. The van der Waals surface area contributed by atoms with Crippen LogP contribution >= 0.6 is 10.6 Å². The molecule has 4 rings (SSSR count). The van der Waals surface area contributed by atoms with Crippen LogP contribution in [-0.2, 0) is 6.54 Å². The van der Waals surface area contributed by atoms with Crippen molar-refractivity contribution in [2.24, 2.45) is 0 Å². The van der Waals surface area contributed by atoms with E-state index in [1.165, 1.54) is 0 Å². The third kappa shape index (κ3) is 4.07. The van der Waals surface area contributed by atoms with Crippen LogP contribution in [0.2, 0.25) is 0 Å². The number of carbonyl (C=O) groups excluding carboxylic acids is 1. The Morgan fingerprint density at radius 1 is 1.20 bits per heavy atom. The molecule has 158 valence electrons. The van der Waals surface area contributed by atoms with Crippen LogP contribution < -0.4 is 15.5 Å². The smallest absolute Gasteiger partial charge is 0.319 e. The van der Waals surface area contributed by atoms with E-state index in [0.29, 0.717) is 36.0 Å². The predicted octanol–water partition coefficient (Wildman–Crippen LogP) is 4.81. The number of rotatable bonds is 3. The SMILES string of the molecule is CCNC(=O)Nc1cc(N2CCS(O)(O)c3ccccc3C2)nc2ccc(C)cc12. The van der Waals surface area contributed by atoms with E-state index in [1.807, 2.05) is 61.2 Å². The van der Waals surface area contributed by atoms with Gasteiger partial charge in [0.1, 0.15) is 5.82 Å². The van der Waals surface area contributed by atoms with Crippen molar-refractivity contribution in [1.82, 2.24) is 10.3 Å². The summed E-state index contributed by atoms with van der Waals surface area (Å²) in [4.78, 5) is 19.7. The van der Waals surface area contributed by atoms with E-state index < -0.39 is 10.6 Å². The first-order chi connectivity index (χ1) is 14.4. The number of pyridine rings is 1. The summed E-state index contributed by atoms with van der Waals surface area (Å²) in [6.07, 6.45) is 0. The summed E-state index contributed by atoms with van der Waals surface area (Å²) in [5.74, 6) is 0.918. The molecular formula is C22H26N4O3S. The van der Waals surface area contributed by atoms with Crippen molar-refractivity contribution in [1.29, 1.82) is 0 Å². The van der Waals surface area contributed by atoms with Crippen molar-refractivity contribution >= 4 is 39.0 Å². The van der Waals surface area contributed by atoms with Gasteiger partial charge in [-0.05, 0) is 37.6 Å². The van der Waals surface area contributed by atoms with Crippen molar-refractivity contribution in [3.8, 4) is 0 Å². The van der Waals surface area contributed by atoms with Crippen LogP contribution in [0.4, 0.5) is 16.3 Å². The van der Waals surface area contributed by atoms with Crippen LogP contribution in [0, 0.1) is 6.92 Å². The van der Waals surface area contributed by atoms with Crippen LogP contribution in [0.15, 0.2) is 53.4 Å². The van der Waals surface area contributed by atoms with Gasteiger partial charge in [-0.15, -0.1) is 0 Å². The van der Waals surface area contributed by atoms with Gasteiger partial charge in [0, 0.05) is 31.1 Å². The molecule has 0 saturated carbocycles. The van der Waals surface area contributed by atoms with E-state index in [-0.39, 0.29) is 11.8 Å². The largest absolute Gasteiger partial charge is 0.351 e. The van der Waals surface area contributed by atoms with Crippen LogP contribution in [0.25, 0.3) is 10.9 Å². The number of urea groups is 1. The molecule has 7 nitrogen and oxygen atoms in total. The molecule has 0 saturated heterocycles. The lowest BCUT2D eigenvalue weighted by atomic mass is 10.1. The molecule has 1 aromatic heterocycles. The molecule has 0 unspecified atom stereocenters. The summed E-state index contributed by atoms with van der Waals surface area (Å²) in [5.41, 5.74) is 3.40. The minimum atomic E-state index is -2.85. The Morgan fingerprint density at radius 2 is 2.00 bits per heavy atom. The third-order valence-corrected chi connectivity index (χ3v) is 7.05. The minimum absolute atomic E-state index is 0.233. The second-order valence-corrected chi connectivity index (χ2v) is 9.61. The molecule has 2 amide bonds. The quantitative estimate of drug-likeness (QED) is 0.482. The zero-order chi connectivity index (χ0) is 21.3. The van der Waals surface area contributed by atoms with Crippen LogP contribution in [0.3, 0.4) is 0 Å². The molecule has 8 heteroatoms. The molecule has 0 fully saturated rings. The average Bonchev–Trinajstić information content (AvgIpc) is 2.85. The summed E-state index contributed by atoms with van der Waals surface area (Å²) in [6, 6.07) is 14.9. The molecule has 2 heterocycles. The van der Waals surface area contributed by atoms with Crippen molar-refractivity contribution in [2.45, 2.75) is 25.3 Å². The normalized spacial score (nSPS) is 16.5. The van der Waals surface area contributed by atoms with Crippen molar-refractivity contribution in [3.63, 3.8) is 0 Å². The molecular weight excluding hydrogens is 400 g/mol. The second-order valence-electron chi connectivity index (χ2n) is 7.43. The maximum Gasteiger partial charge on any atom is 0.319 e. The zero-order valence-corrected chi connectivity index (χ0v) is 17.9. The van der Waals surface area contributed by atoms with Crippen molar-refractivity contribution in [2.75, 3.05) is 29.1 Å². The number of benzene rings is 2. The third-order valence-electron chi connectivity index (χ3n) is 5.19. The summed E-state index contributed by atoms with van der Waals surface area (Å²) < 4.78 is 21.3. The fourth-order valence-corrected chi connectivity index (χ4v) is 5.24. The number of anilines is 2. The van der Waals surface area contributed by atoms with Crippen LogP contribution in [-0.4, -0.2) is 39.0 Å². The Hall–Kier alpha value is -2.81. The first-order valence-corrected chi connectivity index (χ1v) is 11.6. The van der Waals surface area contributed by atoms with Gasteiger partial charge in [0.2, 0.25) is 0 Å². The highest BCUT2D eigenvalue weighted by Crippen LogP contribution is 2.51. The van der Waals surface area contributed by atoms with E-state index in [9.17, 15) is 13.9 Å². The number of nitrogens with zero attached hydrogens (tertiary/aromatic N) is 2. The van der Waals surface area contributed by atoms with Gasteiger partial charge in [0.15, 0.2) is 0 Å². The van der Waals surface area contributed by atoms with Crippen LogP contribution in [0.1, 0.15) is 18.1 Å². The van der Waals surface area contributed by atoms with E-state index in [0.717, 1.165) is 22.0 Å². The lowest BCUT2D eigenvalue weighted by Gasteiger charge is -2.32. The summed E-state index contributed by atoms with van der Waals surface area (Å²) in [5, 5.41) is 6.56. The lowest BCUT2D eigenvalue weighted by molar-refractivity contribution is 0.252. The number of aryl methyl sites for hydroxylation is 1. The number of amides is 2.